The average molecular weight is 574 g/mol. The summed E-state index contributed by atoms with van der Waals surface area (Å²) in [5.74, 6) is 5.91. The predicted molar refractivity (Wildman–Crippen MR) is 160 cm³/mol. The molecule has 1 amide bonds. The highest BCUT2D eigenvalue weighted by atomic mass is 32.1. The summed E-state index contributed by atoms with van der Waals surface area (Å²) in [4.78, 5) is 45.2. The second-order valence-electron chi connectivity index (χ2n) is 9.36. The number of anilines is 1. The molecule has 4 aromatic heterocycles. The third-order valence-electron chi connectivity index (χ3n) is 6.43. The van der Waals surface area contributed by atoms with Crippen LogP contribution < -0.4 is 16.6 Å². The number of nitrogens with one attached hydrogen (secondary N) is 1. The summed E-state index contributed by atoms with van der Waals surface area (Å²) in [6.07, 6.45) is 4.92. The fourth-order valence-corrected chi connectivity index (χ4v) is 5.00. The number of rotatable bonds is 5. The Morgan fingerprint density at radius 3 is 2.60 bits per heavy atom. The van der Waals surface area contributed by atoms with Crippen LogP contribution in [0.5, 0.6) is 0 Å². The third-order valence-corrected chi connectivity index (χ3v) is 7.02. The van der Waals surface area contributed by atoms with E-state index in [-0.39, 0.29) is 17.1 Å². The Morgan fingerprint density at radius 1 is 1.02 bits per heavy atom. The Kier molecular flexibility index (Phi) is 7.00. The van der Waals surface area contributed by atoms with Crippen molar-refractivity contribution in [1.82, 2.24) is 39.6 Å². The first-order valence-corrected chi connectivity index (χ1v) is 13.8. The molecule has 0 radical (unpaired) electrons. The van der Waals surface area contributed by atoms with Gasteiger partial charge >= 0.3 is 0 Å². The van der Waals surface area contributed by atoms with E-state index in [2.05, 4.69) is 37.2 Å². The van der Waals surface area contributed by atoms with Crippen molar-refractivity contribution in [3.05, 3.63) is 111 Å². The van der Waals surface area contributed by atoms with Gasteiger partial charge in [0.2, 0.25) is 0 Å². The van der Waals surface area contributed by atoms with Crippen molar-refractivity contribution < 1.29 is 4.79 Å². The summed E-state index contributed by atoms with van der Waals surface area (Å²) in [6.45, 7) is 1.74. The number of benzene rings is 2. The van der Waals surface area contributed by atoms with Crippen molar-refractivity contribution in [2.45, 2.75) is 13.0 Å². The quantitative estimate of drug-likeness (QED) is 0.298. The molecule has 0 saturated heterocycles. The molecule has 12 heteroatoms. The molecule has 4 heterocycles. The number of carbonyl (C=O) groups excluding carboxylic acids is 1. The highest BCUT2D eigenvalue weighted by Gasteiger charge is 2.23. The van der Waals surface area contributed by atoms with Gasteiger partial charge < -0.3 is 11.1 Å². The van der Waals surface area contributed by atoms with Crippen LogP contribution in [-0.2, 0) is 7.05 Å². The van der Waals surface area contributed by atoms with E-state index in [1.165, 1.54) is 22.1 Å². The first-order chi connectivity index (χ1) is 20.4. The number of nitrogen functional groups attached to an aromatic ring is 1. The van der Waals surface area contributed by atoms with Gasteiger partial charge in [0.25, 0.3) is 11.5 Å². The van der Waals surface area contributed by atoms with Gasteiger partial charge in [0, 0.05) is 24.2 Å². The molecular formula is C30H23N9O2S. The lowest BCUT2D eigenvalue weighted by molar-refractivity contribution is 0.0933. The Bertz CT molecular complexity index is 2060. The van der Waals surface area contributed by atoms with Crippen LogP contribution in [0, 0.1) is 11.8 Å². The molecular weight excluding hydrogens is 550 g/mol. The van der Waals surface area contributed by atoms with Gasteiger partial charge in [-0.15, -0.1) is 11.3 Å². The lowest BCUT2D eigenvalue weighted by Crippen LogP contribution is -2.34. The molecule has 1 atom stereocenters. The molecule has 1 unspecified atom stereocenters. The van der Waals surface area contributed by atoms with Gasteiger partial charge in [0.1, 0.15) is 17.2 Å². The maximum Gasteiger partial charge on any atom is 0.274 e. The third kappa shape index (κ3) is 5.12. The minimum atomic E-state index is -0.718. The molecule has 0 bridgehead atoms. The van der Waals surface area contributed by atoms with E-state index in [0.717, 1.165) is 5.56 Å². The highest BCUT2D eigenvalue weighted by molar-refractivity contribution is 7.07. The zero-order valence-electron chi connectivity index (χ0n) is 22.5. The average Bonchev–Trinajstić information content (AvgIpc) is 3.68. The molecule has 11 nitrogen and oxygen atoms in total. The molecule has 6 rings (SSSR count). The number of carbonyl (C=O) groups is 1. The summed E-state index contributed by atoms with van der Waals surface area (Å²) in [6, 6.07) is 13.7. The van der Waals surface area contributed by atoms with Crippen molar-refractivity contribution in [2.75, 3.05) is 5.73 Å². The number of thiazole rings is 1. The molecule has 206 valence electrons. The topological polar surface area (TPSA) is 146 Å². The van der Waals surface area contributed by atoms with Crippen LogP contribution in [0.1, 0.15) is 40.4 Å². The predicted octanol–water partition coefficient (Wildman–Crippen LogP) is 3.51. The number of para-hydroxylation sites is 1. The maximum absolute atomic E-state index is 14.2. The van der Waals surface area contributed by atoms with Crippen LogP contribution in [-0.4, -0.2) is 40.2 Å². The fraction of sp³-hybridized carbons (Fsp3) is 0.100. The van der Waals surface area contributed by atoms with E-state index >= 15 is 0 Å². The number of nitrogens with zero attached hydrogens (tertiary/aromatic N) is 7. The van der Waals surface area contributed by atoms with Gasteiger partial charge in [0.05, 0.1) is 46.1 Å². The minimum Gasteiger partial charge on any atom is -0.382 e. The number of aryl methyl sites for hydroxylation is 1. The smallest absolute Gasteiger partial charge is 0.274 e. The largest absolute Gasteiger partial charge is 0.382 e. The van der Waals surface area contributed by atoms with Crippen molar-refractivity contribution in [3.63, 3.8) is 0 Å². The molecule has 6 aromatic rings. The van der Waals surface area contributed by atoms with Gasteiger partial charge in [-0.25, -0.2) is 19.9 Å². The number of nitrogens with two attached hydrogens (primary N) is 1. The molecule has 0 spiro atoms. The van der Waals surface area contributed by atoms with Crippen LogP contribution in [0.25, 0.3) is 28.0 Å². The molecule has 0 saturated carbocycles. The lowest BCUT2D eigenvalue weighted by atomic mass is 10.1. The molecule has 0 fully saturated rings. The Labute approximate surface area is 243 Å². The molecule has 0 aliphatic heterocycles. The number of hydrogen-bond donors (Lipinski definition) is 2. The zero-order chi connectivity index (χ0) is 29.2. The maximum atomic E-state index is 14.2. The second-order valence-corrected chi connectivity index (χ2v) is 10.1. The normalized spacial score (nSPS) is 11.6. The monoisotopic (exact) mass is 573 g/mol. The summed E-state index contributed by atoms with van der Waals surface area (Å²) in [5, 5.41) is 9.21. The van der Waals surface area contributed by atoms with Crippen LogP contribution in [0.4, 0.5) is 5.82 Å². The first-order valence-electron chi connectivity index (χ1n) is 12.8. The van der Waals surface area contributed by atoms with Crippen LogP contribution in [0.15, 0.2) is 82.8 Å². The standard InChI is InChI=1S/C30H23N9O2S/c1-18(35-29(40)26-27(31)32-14-23(36-26)24-16-42-17-33-24)28-37-22-10-6-7-20(12-11-19-13-34-38(2)15-19)25(22)30(41)39(28)21-8-4-3-5-9-21/h3-10,13-18H,1-2H3,(H2,31,32)(H,35,40). The summed E-state index contributed by atoms with van der Waals surface area (Å²) in [5.41, 5.74) is 10.6. The van der Waals surface area contributed by atoms with Crippen molar-refractivity contribution in [2.24, 2.45) is 7.05 Å². The zero-order valence-corrected chi connectivity index (χ0v) is 23.3. The Morgan fingerprint density at radius 2 is 1.86 bits per heavy atom. The molecule has 0 aliphatic carbocycles. The van der Waals surface area contributed by atoms with Crippen molar-refractivity contribution in [1.29, 1.82) is 0 Å². The fourth-order valence-electron chi connectivity index (χ4n) is 4.45. The first kappa shape index (κ1) is 26.5. The van der Waals surface area contributed by atoms with Crippen LogP contribution >= 0.6 is 11.3 Å². The minimum absolute atomic E-state index is 0.0255. The van der Waals surface area contributed by atoms with Crippen LogP contribution in [0.2, 0.25) is 0 Å². The number of hydrogen-bond acceptors (Lipinski definition) is 9. The van der Waals surface area contributed by atoms with E-state index in [1.54, 1.807) is 65.2 Å². The van der Waals surface area contributed by atoms with Gasteiger partial charge in [0.15, 0.2) is 11.5 Å². The Balaban J connectivity index is 1.44. The van der Waals surface area contributed by atoms with Crippen LogP contribution in [0.3, 0.4) is 0 Å². The van der Waals surface area contributed by atoms with Crippen molar-refractivity contribution in [3.8, 4) is 28.9 Å². The number of fused-ring (bicyclic) bond motifs is 1. The van der Waals surface area contributed by atoms with Gasteiger partial charge in [-0.2, -0.15) is 5.10 Å². The van der Waals surface area contributed by atoms with Gasteiger partial charge in [-0.1, -0.05) is 36.1 Å². The van der Waals surface area contributed by atoms with Gasteiger partial charge in [-0.05, 0) is 31.2 Å². The molecule has 2 aromatic carbocycles. The summed E-state index contributed by atoms with van der Waals surface area (Å²) in [7, 11) is 1.81. The van der Waals surface area contributed by atoms with Gasteiger partial charge in [-0.3, -0.25) is 18.8 Å². The SMILES string of the molecule is CC(NC(=O)c1nc(-c2cscn2)cnc1N)c1nc2cccc(C#Cc3cnn(C)c3)c2c(=O)n1-c1ccccc1. The molecule has 42 heavy (non-hydrogen) atoms. The van der Waals surface area contributed by atoms with E-state index in [4.69, 9.17) is 10.7 Å². The van der Waals surface area contributed by atoms with E-state index in [9.17, 15) is 9.59 Å². The lowest BCUT2D eigenvalue weighted by Gasteiger charge is -2.20. The molecule has 0 aliphatic rings. The highest BCUT2D eigenvalue weighted by Crippen LogP contribution is 2.22. The Hall–Kier alpha value is -5.67. The molecule has 3 N–H and O–H groups in total. The second kappa shape index (κ2) is 11.1. The van der Waals surface area contributed by atoms with E-state index in [1.807, 2.05) is 25.2 Å². The number of amides is 1. The summed E-state index contributed by atoms with van der Waals surface area (Å²) >= 11 is 1.40. The number of aromatic nitrogens is 7. The van der Waals surface area contributed by atoms with E-state index < -0.39 is 11.9 Å². The van der Waals surface area contributed by atoms with E-state index in [0.29, 0.717) is 39.4 Å². The van der Waals surface area contributed by atoms with Crippen molar-refractivity contribution >= 4 is 34.0 Å². The summed E-state index contributed by atoms with van der Waals surface area (Å²) < 4.78 is 3.15.